The number of nitrogens with one attached hydrogen (secondary N) is 1. The van der Waals surface area contributed by atoms with Gasteiger partial charge in [0.25, 0.3) is 0 Å². The summed E-state index contributed by atoms with van der Waals surface area (Å²) >= 11 is 0. The van der Waals surface area contributed by atoms with Crippen molar-refractivity contribution >= 4 is 0 Å². The molecule has 0 amide bonds. The van der Waals surface area contributed by atoms with E-state index in [4.69, 9.17) is 11.2 Å². The molecular weight excluding hydrogens is 150 g/mol. The smallest absolute Gasteiger partial charge is 0.0619 e. The van der Waals surface area contributed by atoms with Crippen molar-refractivity contribution in [1.29, 1.82) is 0 Å². The van der Waals surface area contributed by atoms with E-state index in [1.54, 1.807) is 0 Å². The molecule has 1 atom stereocenters. The van der Waals surface area contributed by atoms with Gasteiger partial charge in [-0.1, -0.05) is 6.92 Å². The summed E-state index contributed by atoms with van der Waals surface area (Å²) in [6.07, 6.45) is 8.06. The number of terminal acetylenes is 1. The number of likely N-dealkylation sites (N-methyl/N-ethyl adjacent to an activating group) is 1. The molecule has 0 rings (SSSR count). The fraction of sp³-hybridized carbons (Fsp3) is 0.800. The zero-order valence-electron chi connectivity index (χ0n) is 8.10. The van der Waals surface area contributed by atoms with E-state index in [0.717, 1.165) is 32.5 Å². The molecule has 0 aliphatic heterocycles. The van der Waals surface area contributed by atoms with Gasteiger partial charge in [0.15, 0.2) is 0 Å². The Morgan fingerprint density at radius 1 is 1.58 bits per heavy atom. The van der Waals surface area contributed by atoms with Crippen LogP contribution in [0.5, 0.6) is 0 Å². The van der Waals surface area contributed by atoms with Crippen molar-refractivity contribution < 1.29 is 4.74 Å². The van der Waals surface area contributed by atoms with Crippen LogP contribution in [0.4, 0.5) is 0 Å². The average Bonchev–Trinajstić information content (AvgIpc) is 2.11. The largest absolute Gasteiger partial charge is 0.380 e. The van der Waals surface area contributed by atoms with Gasteiger partial charge >= 0.3 is 0 Å². The molecule has 0 aromatic heterocycles. The Bertz CT molecular complexity index is 128. The highest BCUT2D eigenvalue weighted by molar-refractivity contribution is 4.85. The summed E-state index contributed by atoms with van der Waals surface area (Å²) in [5, 5.41) is 3.18. The van der Waals surface area contributed by atoms with Crippen molar-refractivity contribution in [2.45, 2.75) is 32.2 Å². The van der Waals surface area contributed by atoms with Crippen LogP contribution < -0.4 is 5.32 Å². The maximum Gasteiger partial charge on any atom is 0.0619 e. The van der Waals surface area contributed by atoms with Gasteiger partial charge in [-0.05, 0) is 19.9 Å². The third-order valence-electron chi connectivity index (χ3n) is 1.71. The average molecular weight is 169 g/mol. The molecule has 0 aliphatic carbocycles. The monoisotopic (exact) mass is 169 g/mol. The first-order chi connectivity index (χ1) is 5.85. The quantitative estimate of drug-likeness (QED) is 0.459. The molecule has 0 saturated heterocycles. The van der Waals surface area contributed by atoms with Crippen LogP contribution in [-0.4, -0.2) is 26.3 Å². The van der Waals surface area contributed by atoms with Gasteiger partial charge < -0.3 is 10.1 Å². The molecule has 0 bridgehead atoms. The van der Waals surface area contributed by atoms with Crippen LogP contribution in [0.25, 0.3) is 0 Å². The second kappa shape index (κ2) is 8.58. The van der Waals surface area contributed by atoms with E-state index in [1.165, 1.54) is 0 Å². The minimum absolute atomic E-state index is 0.410. The molecule has 12 heavy (non-hydrogen) atoms. The van der Waals surface area contributed by atoms with Crippen molar-refractivity contribution in [2.75, 3.05) is 20.3 Å². The first-order valence-corrected chi connectivity index (χ1v) is 4.53. The zero-order chi connectivity index (χ0) is 9.23. The highest BCUT2D eigenvalue weighted by atomic mass is 16.5. The number of hydrogen-bond donors (Lipinski definition) is 1. The van der Waals surface area contributed by atoms with Gasteiger partial charge in [-0.15, -0.1) is 12.3 Å². The fourth-order valence-electron chi connectivity index (χ4n) is 0.938. The molecule has 2 heteroatoms. The Kier molecular flexibility index (Phi) is 8.20. The van der Waals surface area contributed by atoms with Crippen LogP contribution in [0.3, 0.4) is 0 Å². The van der Waals surface area contributed by atoms with E-state index in [9.17, 15) is 0 Å². The first kappa shape index (κ1) is 11.5. The molecule has 0 radical (unpaired) electrons. The molecule has 2 nitrogen and oxygen atoms in total. The van der Waals surface area contributed by atoms with Gasteiger partial charge in [0.1, 0.15) is 0 Å². The van der Waals surface area contributed by atoms with Gasteiger partial charge in [0, 0.05) is 19.1 Å². The van der Waals surface area contributed by atoms with Crippen molar-refractivity contribution in [2.24, 2.45) is 0 Å². The van der Waals surface area contributed by atoms with Gasteiger partial charge in [0.2, 0.25) is 0 Å². The summed E-state index contributed by atoms with van der Waals surface area (Å²) in [5.74, 6) is 2.63. The maximum absolute atomic E-state index is 5.40. The predicted molar refractivity (Wildman–Crippen MR) is 52.0 cm³/mol. The number of hydrogen-bond acceptors (Lipinski definition) is 2. The summed E-state index contributed by atoms with van der Waals surface area (Å²) in [5.41, 5.74) is 0. The third kappa shape index (κ3) is 6.21. The summed E-state index contributed by atoms with van der Waals surface area (Å²) in [4.78, 5) is 0. The standard InChI is InChI=1S/C10H19NO/c1-4-6-7-10(11-3)9-12-8-5-2/h1,10-11H,5-9H2,2-3H3. The topological polar surface area (TPSA) is 21.3 Å². The molecule has 0 spiro atoms. The third-order valence-corrected chi connectivity index (χ3v) is 1.71. The SMILES string of the molecule is C#CCCC(COCCC)NC. The van der Waals surface area contributed by atoms with Gasteiger partial charge in [-0.3, -0.25) is 0 Å². The van der Waals surface area contributed by atoms with E-state index >= 15 is 0 Å². The maximum atomic E-state index is 5.40. The second-order valence-electron chi connectivity index (χ2n) is 2.80. The Morgan fingerprint density at radius 2 is 2.33 bits per heavy atom. The molecule has 0 aliphatic rings. The lowest BCUT2D eigenvalue weighted by atomic mass is 10.2. The van der Waals surface area contributed by atoms with Crippen LogP contribution in [0, 0.1) is 12.3 Å². The predicted octanol–water partition coefficient (Wildman–Crippen LogP) is 1.41. The van der Waals surface area contributed by atoms with Crippen molar-refractivity contribution in [3.63, 3.8) is 0 Å². The second-order valence-corrected chi connectivity index (χ2v) is 2.80. The van der Waals surface area contributed by atoms with Crippen molar-refractivity contribution in [1.82, 2.24) is 5.32 Å². The summed E-state index contributed by atoms with van der Waals surface area (Å²) in [6.45, 7) is 3.72. The molecule has 0 saturated carbocycles. The minimum atomic E-state index is 0.410. The molecule has 0 aromatic rings. The van der Waals surface area contributed by atoms with E-state index in [0.29, 0.717) is 6.04 Å². The first-order valence-electron chi connectivity index (χ1n) is 4.53. The fourth-order valence-corrected chi connectivity index (χ4v) is 0.938. The molecule has 1 N–H and O–H groups in total. The molecule has 70 valence electrons. The summed E-state index contributed by atoms with van der Waals surface area (Å²) in [6, 6.07) is 0.410. The van der Waals surface area contributed by atoms with Crippen LogP contribution in [0.1, 0.15) is 26.2 Å². The Balaban J connectivity index is 3.34. The number of rotatable bonds is 7. The lowest BCUT2D eigenvalue weighted by Crippen LogP contribution is -2.30. The summed E-state index contributed by atoms with van der Waals surface area (Å²) in [7, 11) is 1.94. The highest BCUT2D eigenvalue weighted by Crippen LogP contribution is 1.96. The molecule has 0 aromatic carbocycles. The molecule has 0 heterocycles. The Morgan fingerprint density at radius 3 is 2.83 bits per heavy atom. The Hall–Kier alpha value is -0.520. The van der Waals surface area contributed by atoms with Crippen molar-refractivity contribution in [3.8, 4) is 12.3 Å². The Labute approximate surface area is 75.7 Å². The van der Waals surface area contributed by atoms with Crippen LogP contribution in [0.15, 0.2) is 0 Å². The molecule has 1 unspecified atom stereocenters. The normalized spacial score (nSPS) is 12.4. The lowest BCUT2D eigenvalue weighted by Gasteiger charge is -2.14. The highest BCUT2D eigenvalue weighted by Gasteiger charge is 2.03. The lowest BCUT2D eigenvalue weighted by molar-refractivity contribution is 0.112. The van der Waals surface area contributed by atoms with Gasteiger partial charge in [-0.2, -0.15) is 0 Å². The van der Waals surface area contributed by atoms with E-state index in [2.05, 4.69) is 18.2 Å². The zero-order valence-corrected chi connectivity index (χ0v) is 8.10. The van der Waals surface area contributed by atoms with E-state index in [1.807, 2.05) is 7.05 Å². The van der Waals surface area contributed by atoms with Crippen LogP contribution in [-0.2, 0) is 4.74 Å². The minimum Gasteiger partial charge on any atom is -0.380 e. The van der Waals surface area contributed by atoms with Gasteiger partial charge in [0.05, 0.1) is 6.61 Å². The van der Waals surface area contributed by atoms with Crippen LogP contribution in [0.2, 0.25) is 0 Å². The van der Waals surface area contributed by atoms with E-state index in [-0.39, 0.29) is 0 Å². The van der Waals surface area contributed by atoms with Gasteiger partial charge in [-0.25, -0.2) is 0 Å². The van der Waals surface area contributed by atoms with E-state index < -0.39 is 0 Å². The van der Waals surface area contributed by atoms with Crippen LogP contribution >= 0.6 is 0 Å². The van der Waals surface area contributed by atoms with Crippen molar-refractivity contribution in [3.05, 3.63) is 0 Å². The number of ether oxygens (including phenoxy) is 1. The molecule has 0 fully saturated rings. The molecular formula is C10H19NO. The summed E-state index contributed by atoms with van der Waals surface area (Å²) < 4.78 is 5.40.